The van der Waals surface area contributed by atoms with E-state index in [1.807, 2.05) is 37.6 Å². The van der Waals surface area contributed by atoms with Gasteiger partial charge in [-0.3, -0.25) is 19.6 Å². The SMILES string of the molecule is Cc1ccc(-c2cc3c(cn2)CCc2c-3[nH]c3c2C(=O)NC2(CC2)C3)cn1.O=C1NC2(CC2)Cc2[nH]c3c(c21)CCc1cnc(Cl)cc1-3. The van der Waals surface area contributed by atoms with E-state index in [0.717, 1.165) is 126 Å². The molecule has 0 bridgehead atoms. The lowest BCUT2D eigenvalue weighted by molar-refractivity contribution is 0.0908. The van der Waals surface area contributed by atoms with Crippen molar-refractivity contribution >= 4 is 23.4 Å². The fraction of sp³-hybridized carbons (Fsp3) is 0.342. The average Bonchev–Trinajstić information content (AvgIpc) is 3.91. The number of fused-ring (bicyclic) bond motifs is 10. The van der Waals surface area contributed by atoms with Crippen molar-refractivity contribution in [3.05, 3.63) is 98.5 Å². The van der Waals surface area contributed by atoms with Gasteiger partial charge in [0.1, 0.15) is 5.15 Å². The molecule has 48 heavy (non-hydrogen) atoms. The highest BCUT2D eigenvalue weighted by Gasteiger charge is 2.50. The largest absolute Gasteiger partial charge is 0.357 e. The number of carbonyl (C=O) groups excluding carboxylic acids is 2. The first-order valence-corrected chi connectivity index (χ1v) is 17.3. The summed E-state index contributed by atoms with van der Waals surface area (Å²) in [7, 11) is 0. The van der Waals surface area contributed by atoms with E-state index in [1.165, 1.54) is 22.3 Å². The van der Waals surface area contributed by atoms with E-state index in [9.17, 15) is 9.59 Å². The van der Waals surface area contributed by atoms with Gasteiger partial charge < -0.3 is 20.6 Å². The van der Waals surface area contributed by atoms with Crippen molar-refractivity contribution in [1.29, 1.82) is 0 Å². The summed E-state index contributed by atoms with van der Waals surface area (Å²) in [5.41, 5.74) is 16.2. The third-order valence-corrected chi connectivity index (χ3v) is 11.5. The fourth-order valence-electron chi connectivity index (χ4n) is 8.34. The van der Waals surface area contributed by atoms with E-state index >= 15 is 0 Å². The molecule has 5 aromatic rings. The van der Waals surface area contributed by atoms with Crippen LogP contribution in [-0.2, 0) is 38.5 Å². The van der Waals surface area contributed by atoms with Gasteiger partial charge in [-0.1, -0.05) is 11.6 Å². The monoisotopic (exact) mass is 655 g/mol. The van der Waals surface area contributed by atoms with Crippen LogP contribution in [0.4, 0.5) is 0 Å². The molecule has 7 heterocycles. The second-order valence-corrected chi connectivity index (χ2v) is 15.0. The molecule has 2 amide bonds. The number of amides is 2. The molecule has 240 valence electrons. The number of nitrogens with zero attached hydrogens (tertiary/aromatic N) is 3. The number of hydrogen-bond donors (Lipinski definition) is 4. The van der Waals surface area contributed by atoms with Crippen LogP contribution in [0.3, 0.4) is 0 Å². The summed E-state index contributed by atoms with van der Waals surface area (Å²) < 4.78 is 0. The highest BCUT2D eigenvalue weighted by molar-refractivity contribution is 6.29. The molecule has 2 fully saturated rings. The topological polar surface area (TPSA) is 128 Å². The van der Waals surface area contributed by atoms with Gasteiger partial charge in [-0.2, -0.15) is 0 Å². The van der Waals surface area contributed by atoms with Gasteiger partial charge in [-0.15, -0.1) is 0 Å². The molecule has 0 saturated heterocycles. The summed E-state index contributed by atoms with van der Waals surface area (Å²) in [4.78, 5) is 45.6. The Morgan fingerprint density at radius 3 is 1.79 bits per heavy atom. The van der Waals surface area contributed by atoms with Crippen molar-refractivity contribution in [2.24, 2.45) is 0 Å². The van der Waals surface area contributed by atoms with E-state index in [-0.39, 0.29) is 22.9 Å². The molecule has 0 aromatic carbocycles. The Labute approximate surface area is 282 Å². The van der Waals surface area contributed by atoms with Crippen LogP contribution in [0.2, 0.25) is 5.15 Å². The predicted octanol–water partition coefficient (Wildman–Crippen LogP) is 6.01. The normalized spacial score (nSPS) is 19.4. The minimum absolute atomic E-state index is 0.0251. The smallest absolute Gasteiger partial charge is 0.253 e. The quantitative estimate of drug-likeness (QED) is 0.164. The zero-order valence-electron chi connectivity index (χ0n) is 26.6. The second-order valence-electron chi connectivity index (χ2n) is 14.6. The maximum Gasteiger partial charge on any atom is 0.253 e. The van der Waals surface area contributed by atoms with Gasteiger partial charge in [0.2, 0.25) is 0 Å². The predicted molar refractivity (Wildman–Crippen MR) is 182 cm³/mol. The van der Waals surface area contributed by atoms with Gasteiger partial charge in [0.15, 0.2) is 0 Å². The van der Waals surface area contributed by atoms with Crippen LogP contribution < -0.4 is 10.6 Å². The van der Waals surface area contributed by atoms with Gasteiger partial charge in [-0.25, -0.2) is 4.98 Å². The van der Waals surface area contributed by atoms with Crippen LogP contribution in [0.25, 0.3) is 33.8 Å². The van der Waals surface area contributed by atoms with Gasteiger partial charge in [-0.05, 0) is 105 Å². The minimum Gasteiger partial charge on any atom is -0.357 e. The Balaban J connectivity index is 0.000000127. The lowest BCUT2D eigenvalue weighted by Crippen LogP contribution is -2.43. The number of aryl methyl sites for hydroxylation is 3. The Bertz CT molecular complexity index is 2220. The summed E-state index contributed by atoms with van der Waals surface area (Å²) in [5, 5.41) is 6.94. The first kappa shape index (κ1) is 28.3. The molecule has 4 N–H and O–H groups in total. The molecule has 2 saturated carbocycles. The van der Waals surface area contributed by atoms with Gasteiger partial charge in [0.05, 0.1) is 28.2 Å². The molecule has 11 rings (SSSR count). The molecular weight excluding hydrogens is 622 g/mol. The number of hydrogen-bond acceptors (Lipinski definition) is 5. The zero-order chi connectivity index (χ0) is 32.4. The number of halogens is 1. The van der Waals surface area contributed by atoms with E-state index in [1.54, 1.807) is 0 Å². The molecule has 10 heteroatoms. The second kappa shape index (κ2) is 9.89. The van der Waals surface area contributed by atoms with Crippen LogP contribution in [-0.4, -0.2) is 47.8 Å². The average molecular weight is 656 g/mol. The van der Waals surface area contributed by atoms with Crippen LogP contribution >= 0.6 is 11.6 Å². The minimum atomic E-state index is 0.0251. The summed E-state index contributed by atoms with van der Waals surface area (Å²) in [6.07, 6.45) is 15.5. The zero-order valence-corrected chi connectivity index (χ0v) is 27.4. The molecule has 6 aliphatic rings. The number of H-pyrrole nitrogens is 2. The molecule has 0 radical (unpaired) electrons. The standard InChI is InChI=1S/C22H20N4O.C16H14ClN3O/c1-12-2-3-14(11-23-12)17-8-16-13(10-24-17)4-5-15-19-18(25-20(15)16)9-22(6-7-22)26-21(19)27;17-12-5-10-8(7-18-12)1-2-9-13-11(19-14(9)10)6-16(3-4-16)20-15(13)21/h2-3,8,10-11,25H,4-7,9H2,1H3,(H,26,27);5,7,19H,1-4,6H2,(H,20,21). The van der Waals surface area contributed by atoms with Crippen molar-refractivity contribution in [2.45, 2.75) is 82.2 Å². The van der Waals surface area contributed by atoms with Crippen LogP contribution in [0.5, 0.6) is 0 Å². The number of pyridine rings is 3. The summed E-state index contributed by atoms with van der Waals surface area (Å²) >= 11 is 6.05. The summed E-state index contributed by atoms with van der Waals surface area (Å²) in [6, 6.07) is 8.12. The first-order chi connectivity index (χ1) is 23.3. The van der Waals surface area contributed by atoms with Crippen molar-refractivity contribution in [2.75, 3.05) is 0 Å². The van der Waals surface area contributed by atoms with E-state index in [0.29, 0.717) is 5.15 Å². The first-order valence-electron chi connectivity index (χ1n) is 17.0. The number of rotatable bonds is 1. The summed E-state index contributed by atoms with van der Waals surface area (Å²) in [6.45, 7) is 1.98. The van der Waals surface area contributed by atoms with Gasteiger partial charge >= 0.3 is 0 Å². The summed E-state index contributed by atoms with van der Waals surface area (Å²) in [5.74, 6) is 0.196. The Morgan fingerprint density at radius 1 is 0.688 bits per heavy atom. The molecule has 0 unspecified atom stereocenters. The molecule has 4 aliphatic carbocycles. The number of carbonyl (C=O) groups is 2. The Morgan fingerprint density at radius 2 is 1.25 bits per heavy atom. The molecule has 2 aliphatic heterocycles. The van der Waals surface area contributed by atoms with Crippen molar-refractivity contribution in [3.63, 3.8) is 0 Å². The highest BCUT2D eigenvalue weighted by atomic mass is 35.5. The van der Waals surface area contributed by atoms with Crippen LogP contribution in [0.1, 0.15) is 85.7 Å². The third kappa shape index (κ3) is 4.40. The maximum atomic E-state index is 12.8. The molecule has 2 spiro atoms. The Kier molecular flexibility index (Phi) is 5.82. The van der Waals surface area contributed by atoms with E-state index < -0.39 is 0 Å². The van der Waals surface area contributed by atoms with Gasteiger partial charge in [0, 0.05) is 76.3 Å². The van der Waals surface area contributed by atoms with Crippen molar-refractivity contribution in [3.8, 4) is 33.8 Å². The molecule has 0 atom stereocenters. The third-order valence-electron chi connectivity index (χ3n) is 11.3. The molecule has 9 nitrogen and oxygen atoms in total. The van der Waals surface area contributed by atoms with Gasteiger partial charge in [0.25, 0.3) is 11.8 Å². The molecule has 5 aromatic heterocycles. The van der Waals surface area contributed by atoms with Crippen LogP contribution in [0, 0.1) is 6.92 Å². The number of nitrogens with one attached hydrogen (secondary N) is 4. The lowest BCUT2D eigenvalue weighted by Gasteiger charge is -2.24. The van der Waals surface area contributed by atoms with Crippen LogP contribution in [0.15, 0.2) is 42.9 Å². The number of aromatic nitrogens is 5. The van der Waals surface area contributed by atoms with E-state index in [2.05, 4.69) is 47.7 Å². The lowest BCUT2D eigenvalue weighted by atomic mass is 9.87. The maximum absolute atomic E-state index is 12.8. The van der Waals surface area contributed by atoms with Crippen molar-refractivity contribution in [1.82, 2.24) is 35.6 Å². The molecular formula is C38H34ClN7O2. The van der Waals surface area contributed by atoms with Crippen molar-refractivity contribution < 1.29 is 9.59 Å². The highest BCUT2D eigenvalue weighted by Crippen LogP contribution is 2.47. The number of aromatic amines is 2. The van der Waals surface area contributed by atoms with E-state index in [4.69, 9.17) is 11.6 Å². The Hall–Kier alpha value is -4.76. The fourth-order valence-corrected chi connectivity index (χ4v) is 8.50.